The molecule has 1 aliphatic carbocycles. The Morgan fingerprint density at radius 1 is 0.875 bits per heavy atom. The highest BCUT2D eigenvalue weighted by Crippen LogP contribution is 2.44. The maximum Gasteiger partial charge on any atom is 0.293 e. The van der Waals surface area contributed by atoms with Crippen LogP contribution in [-0.2, 0) is 19.6 Å². The van der Waals surface area contributed by atoms with Crippen molar-refractivity contribution < 1.29 is 42.1 Å². The van der Waals surface area contributed by atoms with Crippen LogP contribution in [0.3, 0.4) is 0 Å². The highest BCUT2D eigenvalue weighted by Gasteiger charge is 2.46. The third-order valence-electron chi connectivity index (χ3n) is 17.6. The zero-order valence-corrected chi connectivity index (χ0v) is 51.2. The van der Waals surface area contributed by atoms with Gasteiger partial charge in [0.05, 0.1) is 32.7 Å². The predicted octanol–water partition coefficient (Wildman–Crippen LogP) is 8.78. The van der Waals surface area contributed by atoms with Gasteiger partial charge in [0.25, 0.3) is 33.4 Å². The summed E-state index contributed by atoms with van der Waals surface area (Å²) in [6, 6.07) is 24.3. The van der Waals surface area contributed by atoms with E-state index in [2.05, 4.69) is 76.2 Å². The number of anilines is 3. The number of piperidine rings is 2. The van der Waals surface area contributed by atoms with Gasteiger partial charge >= 0.3 is 0 Å². The molecule has 24 heteroatoms. The molecule has 6 heterocycles. The average molecular weight is 1240 g/mol. The molecule has 1 unspecified atom stereocenters. The van der Waals surface area contributed by atoms with Crippen LogP contribution in [0.5, 0.6) is 11.5 Å². The number of hydrogen-bond donors (Lipinski definition) is 5. The zero-order chi connectivity index (χ0) is 61.9. The first kappa shape index (κ1) is 61.4. The van der Waals surface area contributed by atoms with Crippen LogP contribution < -0.4 is 30.3 Å². The van der Waals surface area contributed by atoms with Crippen molar-refractivity contribution in [1.82, 2.24) is 39.6 Å². The Bertz CT molecular complexity index is 3820. The number of nitro groups is 1. The van der Waals surface area contributed by atoms with E-state index in [1.54, 1.807) is 42.6 Å². The van der Waals surface area contributed by atoms with Crippen molar-refractivity contribution in [1.29, 1.82) is 0 Å². The number of fused-ring (bicyclic) bond motifs is 2. The van der Waals surface area contributed by atoms with Crippen molar-refractivity contribution >= 4 is 90.5 Å². The maximum absolute atomic E-state index is 14.2. The number of halogens is 1. The summed E-state index contributed by atoms with van der Waals surface area (Å²) in [5.74, 6) is -2.52. The number of amides is 5. The standard InChI is InChI=1S/C64H73ClN12O10S/c1-64(2)22-18-44(51(37-64)42-8-10-45(65)11-9-42)40-74-30-32-75(33-31-74)46-12-14-49(56(35-46)87-47-34-43-19-23-67-59(43)69-39-47)60(79)71-88(85,86)48-13-15-52(55(36-48)77(83)84)68-38-41-20-27-73(28-21-41)26-5-25-72(3)29-24-66-53-7-4-6-50-58(53)63(82)76(62(50)81)54-16-17-57(78)70-61(54)80/h4,6-15,19,23,34-36,39,41,54,66,68H,5,16-18,20-22,24-33,37-38,40H2,1-3H3,(H,67,69)(H,71,79)(H,70,78,80). The Hall–Kier alpha value is -8.22. The highest BCUT2D eigenvalue weighted by atomic mass is 35.5. The summed E-state index contributed by atoms with van der Waals surface area (Å²) in [5, 5.41) is 22.7. The minimum atomic E-state index is -4.64. The van der Waals surface area contributed by atoms with Gasteiger partial charge in [-0.15, -0.1) is 0 Å². The Morgan fingerprint density at radius 3 is 2.42 bits per heavy atom. The lowest BCUT2D eigenvalue weighted by molar-refractivity contribution is -0.384. The largest absolute Gasteiger partial charge is 0.455 e. The van der Waals surface area contributed by atoms with Gasteiger partial charge in [-0.1, -0.05) is 49.2 Å². The van der Waals surface area contributed by atoms with Crippen LogP contribution >= 0.6 is 11.6 Å². The molecule has 5 amide bonds. The fourth-order valence-electron chi connectivity index (χ4n) is 12.6. The second kappa shape index (κ2) is 26.2. The van der Waals surface area contributed by atoms with E-state index >= 15 is 0 Å². The molecule has 5 aliphatic rings. The summed E-state index contributed by atoms with van der Waals surface area (Å²) < 4.78 is 36.5. The molecule has 22 nitrogen and oxygen atoms in total. The van der Waals surface area contributed by atoms with E-state index in [4.69, 9.17) is 16.3 Å². The van der Waals surface area contributed by atoms with Gasteiger partial charge in [0.2, 0.25) is 11.8 Å². The summed E-state index contributed by atoms with van der Waals surface area (Å²) in [6.45, 7) is 13.5. The molecule has 0 saturated carbocycles. The number of likely N-dealkylation sites (N-methyl/N-ethyl adjacent to an activating group) is 1. The van der Waals surface area contributed by atoms with Gasteiger partial charge in [-0.2, -0.15) is 0 Å². The number of nitrogens with zero attached hydrogens (tertiary/aromatic N) is 7. The molecule has 1 atom stereocenters. The van der Waals surface area contributed by atoms with Crippen LogP contribution in [0.1, 0.15) is 102 Å². The Kier molecular flexibility index (Phi) is 18.3. The smallest absolute Gasteiger partial charge is 0.293 e. The Labute approximate surface area is 516 Å². The summed E-state index contributed by atoms with van der Waals surface area (Å²) in [7, 11) is -2.62. The van der Waals surface area contributed by atoms with E-state index in [0.29, 0.717) is 54.8 Å². The van der Waals surface area contributed by atoms with Crippen molar-refractivity contribution in [2.24, 2.45) is 11.3 Å². The number of carbonyl (C=O) groups excluding carboxylic acids is 5. The number of aromatic amines is 1. The van der Waals surface area contributed by atoms with E-state index in [0.717, 1.165) is 106 Å². The van der Waals surface area contributed by atoms with E-state index in [1.165, 1.54) is 41.1 Å². The van der Waals surface area contributed by atoms with Crippen molar-refractivity contribution in [3.05, 3.63) is 146 Å². The lowest BCUT2D eigenvalue weighted by Gasteiger charge is -2.39. The maximum atomic E-state index is 14.2. The van der Waals surface area contributed by atoms with Gasteiger partial charge in [-0.25, -0.2) is 18.1 Å². The molecule has 462 valence electrons. The minimum absolute atomic E-state index is 0.0467. The van der Waals surface area contributed by atoms with Crippen molar-refractivity contribution in [3.8, 4) is 11.5 Å². The molecule has 0 radical (unpaired) electrons. The normalized spacial score (nSPS) is 18.7. The molecular weight excluding hydrogens is 1160 g/mol. The molecule has 11 rings (SSSR count). The van der Waals surface area contributed by atoms with Gasteiger partial charge in [0.1, 0.15) is 28.9 Å². The highest BCUT2D eigenvalue weighted by molar-refractivity contribution is 7.90. The fourth-order valence-corrected chi connectivity index (χ4v) is 13.7. The van der Waals surface area contributed by atoms with Crippen LogP contribution in [0.2, 0.25) is 5.02 Å². The van der Waals surface area contributed by atoms with E-state index < -0.39 is 61.1 Å². The van der Waals surface area contributed by atoms with Gasteiger partial charge in [0, 0.05) is 98.9 Å². The molecule has 3 saturated heterocycles. The molecule has 4 aliphatic heterocycles. The van der Waals surface area contributed by atoms with Crippen LogP contribution in [0.4, 0.5) is 22.7 Å². The van der Waals surface area contributed by atoms with E-state index in [1.807, 2.05) is 25.2 Å². The van der Waals surface area contributed by atoms with Crippen molar-refractivity contribution in [3.63, 3.8) is 0 Å². The summed E-state index contributed by atoms with van der Waals surface area (Å²) in [4.78, 5) is 94.3. The molecule has 5 N–H and O–H groups in total. The number of allylic oxidation sites excluding steroid dienone is 1. The number of carbonyl (C=O) groups is 5. The third kappa shape index (κ3) is 14.0. The predicted molar refractivity (Wildman–Crippen MR) is 336 cm³/mol. The van der Waals surface area contributed by atoms with Gasteiger partial charge in [0.15, 0.2) is 0 Å². The van der Waals surface area contributed by atoms with Gasteiger partial charge < -0.3 is 35.1 Å². The number of likely N-dealkylation sites (tertiary alicyclic amines) is 1. The first-order chi connectivity index (χ1) is 42.2. The fraction of sp³-hybridized carbons (Fsp3) is 0.406. The quantitative estimate of drug-likeness (QED) is 0.0241. The molecular formula is C64H73ClN12O10S. The monoisotopic (exact) mass is 1240 g/mol. The van der Waals surface area contributed by atoms with Crippen LogP contribution in [0.25, 0.3) is 16.6 Å². The number of ether oxygens (including phenoxy) is 1. The molecule has 6 aromatic rings. The second-order valence-corrected chi connectivity index (χ2v) is 26.5. The number of aromatic nitrogens is 2. The second-order valence-electron chi connectivity index (χ2n) is 24.4. The molecule has 4 aromatic carbocycles. The lowest BCUT2D eigenvalue weighted by Crippen LogP contribution is -2.54. The van der Waals surface area contributed by atoms with Crippen LogP contribution in [-0.4, -0.2) is 164 Å². The van der Waals surface area contributed by atoms with E-state index in [9.17, 15) is 42.5 Å². The molecule has 88 heavy (non-hydrogen) atoms. The summed E-state index contributed by atoms with van der Waals surface area (Å²) in [5.41, 5.74) is 6.32. The number of pyridine rings is 1. The lowest BCUT2D eigenvalue weighted by atomic mass is 9.72. The van der Waals surface area contributed by atoms with Gasteiger partial charge in [-0.3, -0.25) is 49.2 Å². The number of H-pyrrole nitrogens is 1. The van der Waals surface area contributed by atoms with Crippen LogP contribution in [0, 0.1) is 21.4 Å². The Balaban J connectivity index is 0.664. The van der Waals surface area contributed by atoms with Crippen LogP contribution in [0.15, 0.2) is 114 Å². The third-order valence-corrected chi connectivity index (χ3v) is 19.2. The van der Waals surface area contributed by atoms with Crippen molar-refractivity contribution in [2.75, 3.05) is 101 Å². The molecule has 2 aromatic heterocycles. The van der Waals surface area contributed by atoms with Gasteiger partial charge in [-0.05, 0) is 161 Å². The number of nitrogens with one attached hydrogen (secondary N) is 5. The topological polar surface area (TPSA) is 265 Å². The SMILES string of the molecule is CN(CCCN1CCC(CNc2ccc(S(=O)(=O)NC(=O)c3ccc(N4CCN(CC5=C(c6ccc(Cl)cc6)CC(C)(C)CC5)CC4)cc3Oc3cnc4[nH]ccc4c3)cc2[N+](=O)[O-])CC1)CCNc1cccc2c1C(=O)N(C1CCC(=O)NC1=O)C2=O. The number of hydrogen-bond acceptors (Lipinski definition) is 17. The first-order valence-electron chi connectivity index (χ1n) is 30.0. The Morgan fingerprint density at radius 2 is 1.66 bits per heavy atom. The summed E-state index contributed by atoms with van der Waals surface area (Å²) in [6.07, 6.45) is 9.16. The summed E-state index contributed by atoms with van der Waals surface area (Å²) >= 11 is 6.27. The average Bonchev–Trinajstić information content (AvgIpc) is 1.68. The number of sulfonamides is 1. The number of rotatable bonds is 22. The molecule has 0 bridgehead atoms. The minimum Gasteiger partial charge on any atom is -0.455 e. The molecule has 0 spiro atoms. The molecule has 3 fully saturated rings. The number of benzene rings is 4. The first-order valence-corrected chi connectivity index (χ1v) is 31.9. The number of imide groups is 2. The number of piperazine rings is 1. The van der Waals surface area contributed by atoms with Crippen molar-refractivity contribution in [2.45, 2.75) is 76.2 Å². The van der Waals surface area contributed by atoms with E-state index in [-0.39, 0.29) is 52.3 Å². The number of nitro benzene ring substituents is 1. The zero-order valence-electron chi connectivity index (χ0n) is 49.6.